The summed E-state index contributed by atoms with van der Waals surface area (Å²) in [5.74, 6) is -0.501. The molecule has 0 aromatic rings. The number of cyclic esters (lactones) is 1. The van der Waals surface area contributed by atoms with Crippen LogP contribution in [0.5, 0.6) is 0 Å². The molecule has 0 aliphatic carbocycles. The molecule has 0 bridgehead atoms. The van der Waals surface area contributed by atoms with Gasteiger partial charge in [0.1, 0.15) is 23.5 Å². The predicted octanol–water partition coefficient (Wildman–Crippen LogP) is 2.72. The van der Waals surface area contributed by atoms with E-state index in [1.54, 1.807) is 13.8 Å². The first-order valence-electron chi connectivity index (χ1n) is 6.26. The summed E-state index contributed by atoms with van der Waals surface area (Å²) in [4.78, 5) is 16.9. The average Bonchev–Trinajstić information content (AvgIpc) is 2.23. The van der Waals surface area contributed by atoms with Crippen LogP contribution in [0.3, 0.4) is 0 Å². The van der Waals surface area contributed by atoms with Gasteiger partial charge >= 0.3 is 5.97 Å². The first-order chi connectivity index (χ1) is 8.41. The molecule has 0 spiro atoms. The summed E-state index contributed by atoms with van der Waals surface area (Å²) in [5, 5.41) is 13.9. The molecule has 18 heavy (non-hydrogen) atoms. The number of carbonyl (C=O) groups is 1. The fourth-order valence-corrected chi connectivity index (χ4v) is 1.83. The monoisotopic (exact) mass is 255 g/mol. The number of carbonyl (C=O) groups excluding carboxylic acids is 1. The smallest absolute Gasteiger partial charge is 0.344 e. The van der Waals surface area contributed by atoms with Gasteiger partial charge in [0.05, 0.1) is 5.71 Å². The Morgan fingerprint density at radius 2 is 2.17 bits per heavy atom. The van der Waals surface area contributed by atoms with Gasteiger partial charge in [0, 0.05) is 6.42 Å². The number of nitrogens with zero attached hydrogens (tertiary/aromatic N) is 1. The molecule has 0 fully saturated rings. The molecule has 1 aliphatic rings. The van der Waals surface area contributed by atoms with Gasteiger partial charge in [-0.15, -0.1) is 0 Å². The second-order valence-electron chi connectivity index (χ2n) is 4.85. The molecule has 0 aromatic carbocycles. The van der Waals surface area contributed by atoms with E-state index in [0.717, 1.165) is 6.42 Å². The van der Waals surface area contributed by atoms with E-state index in [9.17, 15) is 9.90 Å². The third kappa shape index (κ3) is 3.48. The van der Waals surface area contributed by atoms with Crippen molar-refractivity contribution in [3.05, 3.63) is 11.3 Å². The second-order valence-corrected chi connectivity index (χ2v) is 4.85. The lowest BCUT2D eigenvalue weighted by atomic mass is 9.94. The van der Waals surface area contributed by atoms with E-state index in [0.29, 0.717) is 25.2 Å². The molecule has 0 saturated carbocycles. The minimum absolute atomic E-state index is 0.0307. The molecule has 0 aromatic heterocycles. The van der Waals surface area contributed by atoms with Crippen molar-refractivity contribution < 1.29 is 19.5 Å². The lowest BCUT2D eigenvalue weighted by molar-refractivity contribution is -0.153. The van der Waals surface area contributed by atoms with Crippen LogP contribution in [-0.4, -0.2) is 29.0 Å². The van der Waals surface area contributed by atoms with Gasteiger partial charge in [-0.05, 0) is 27.2 Å². The van der Waals surface area contributed by atoms with Crippen molar-refractivity contribution in [2.45, 2.75) is 52.6 Å². The zero-order chi connectivity index (χ0) is 13.8. The van der Waals surface area contributed by atoms with E-state index in [-0.39, 0.29) is 11.3 Å². The highest BCUT2D eigenvalue weighted by Crippen LogP contribution is 2.29. The Kier molecular flexibility index (Phi) is 4.76. The Balaban J connectivity index is 3.07. The van der Waals surface area contributed by atoms with Gasteiger partial charge in [-0.3, -0.25) is 0 Å². The van der Waals surface area contributed by atoms with Crippen molar-refractivity contribution >= 4 is 11.7 Å². The molecule has 1 heterocycles. The number of rotatable bonds is 5. The van der Waals surface area contributed by atoms with Crippen molar-refractivity contribution in [1.29, 1.82) is 0 Å². The van der Waals surface area contributed by atoms with Crippen LogP contribution in [0.1, 0.15) is 47.0 Å². The van der Waals surface area contributed by atoms with Crippen LogP contribution in [0.25, 0.3) is 0 Å². The molecule has 0 unspecified atom stereocenters. The molecule has 1 aliphatic heterocycles. The Bertz CT molecular complexity index is 382. The molecule has 1 rings (SSSR count). The Morgan fingerprint density at radius 3 is 2.67 bits per heavy atom. The second kappa shape index (κ2) is 5.89. The lowest BCUT2D eigenvalue weighted by Crippen LogP contribution is -2.36. The number of hydrogen-bond acceptors (Lipinski definition) is 5. The highest BCUT2D eigenvalue weighted by molar-refractivity contribution is 6.20. The van der Waals surface area contributed by atoms with Crippen LogP contribution in [0.2, 0.25) is 0 Å². The van der Waals surface area contributed by atoms with Crippen molar-refractivity contribution in [3.63, 3.8) is 0 Å². The number of aliphatic hydroxyl groups is 1. The summed E-state index contributed by atoms with van der Waals surface area (Å²) in [6.45, 7) is 7.72. The van der Waals surface area contributed by atoms with Gasteiger partial charge in [-0.2, -0.15) is 0 Å². The fraction of sp³-hybridized carbons (Fsp3) is 0.692. The third-order valence-electron chi connectivity index (χ3n) is 2.53. The van der Waals surface area contributed by atoms with Gasteiger partial charge in [0.2, 0.25) is 0 Å². The Morgan fingerprint density at radius 1 is 1.50 bits per heavy atom. The zero-order valence-corrected chi connectivity index (χ0v) is 11.4. The summed E-state index contributed by atoms with van der Waals surface area (Å²) >= 11 is 0. The predicted molar refractivity (Wildman–Crippen MR) is 68.4 cm³/mol. The molecule has 0 amide bonds. The molecule has 0 atom stereocenters. The third-order valence-corrected chi connectivity index (χ3v) is 2.53. The first kappa shape index (κ1) is 14.5. The molecule has 0 radical (unpaired) electrons. The van der Waals surface area contributed by atoms with Gasteiger partial charge in [0.15, 0.2) is 0 Å². The van der Waals surface area contributed by atoms with Gasteiger partial charge in [-0.25, -0.2) is 4.79 Å². The number of ether oxygens (including phenoxy) is 1. The van der Waals surface area contributed by atoms with Crippen LogP contribution >= 0.6 is 0 Å². The quantitative estimate of drug-likeness (QED) is 0.466. The minimum Gasteiger partial charge on any atom is -0.511 e. The number of hydrogen-bond donors (Lipinski definition) is 1. The molecule has 5 nitrogen and oxygen atoms in total. The maximum atomic E-state index is 11.9. The van der Waals surface area contributed by atoms with Gasteiger partial charge in [-0.1, -0.05) is 18.5 Å². The summed E-state index contributed by atoms with van der Waals surface area (Å²) < 4.78 is 5.27. The van der Waals surface area contributed by atoms with E-state index in [1.807, 2.05) is 13.8 Å². The standard InChI is InChI=1S/C13H21NO4/c1-5-7-9(14-17-6-2)11-10(15)8-13(3,4)18-12(11)16/h15H,5-8H2,1-4H3. The van der Waals surface area contributed by atoms with Crippen molar-refractivity contribution in [2.75, 3.05) is 6.61 Å². The number of aliphatic hydroxyl groups excluding tert-OH is 1. The SMILES string of the molecule is CCCC(=NOCC)C1=C(O)CC(C)(C)OC1=O. The van der Waals surface area contributed by atoms with Crippen molar-refractivity contribution in [1.82, 2.24) is 0 Å². The van der Waals surface area contributed by atoms with Crippen LogP contribution in [-0.2, 0) is 14.4 Å². The van der Waals surface area contributed by atoms with Gasteiger partial charge < -0.3 is 14.7 Å². The van der Waals surface area contributed by atoms with Gasteiger partial charge in [0.25, 0.3) is 0 Å². The van der Waals surface area contributed by atoms with E-state index in [4.69, 9.17) is 9.57 Å². The zero-order valence-electron chi connectivity index (χ0n) is 11.4. The van der Waals surface area contributed by atoms with Crippen LogP contribution < -0.4 is 0 Å². The fourth-order valence-electron chi connectivity index (χ4n) is 1.83. The summed E-state index contributed by atoms with van der Waals surface area (Å²) in [6, 6.07) is 0. The molecular weight excluding hydrogens is 234 g/mol. The van der Waals surface area contributed by atoms with Crippen LogP contribution in [0.15, 0.2) is 16.5 Å². The van der Waals surface area contributed by atoms with E-state index in [2.05, 4.69) is 5.16 Å². The number of esters is 1. The lowest BCUT2D eigenvalue weighted by Gasteiger charge is -2.30. The van der Waals surface area contributed by atoms with E-state index < -0.39 is 11.6 Å². The van der Waals surface area contributed by atoms with Crippen molar-refractivity contribution in [2.24, 2.45) is 5.16 Å². The Labute approximate surface area is 107 Å². The van der Waals surface area contributed by atoms with E-state index >= 15 is 0 Å². The summed E-state index contributed by atoms with van der Waals surface area (Å²) in [6.07, 6.45) is 1.66. The van der Waals surface area contributed by atoms with Crippen LogP contribution in [0.4, 0.5) is 0 Å². The molecule has 5 heteroatoms. The average molecular weight is 255 g/mol. The Hall–Kier alpha value is -1.52. The summed E-state index contributed by atoms with van der Waals surface area (Å²) in [5.41, 5.74) is -0.0601. The summed E-state index contributed by atoms with van der Waals surface area (Å²) in [7, 11) is 0. The largest absolute Gasteiger partial charge is 0.511 e. The minimum atomic E-state index is -0.673. The van der Waals surface area contributed by atoms with E-state index in [1.165, 1.54) is 0 Å². The first-order valence-corrected chi connectivity index (χ1v) is 6.26. The molecule has 0 saturated heterocycles. The van der Waals surface area contributed by atoms with Crippen molar-refractivity contribution in [3.8, 4) is 0 Å². The topological polar surface area (TPSA) is 68.1 Å². The highest BCUT2D eigenvalue weighted by Gasteiger charge is 2.36. The van der Waals surface area contributed by atoms with Crippen LogP contribution in [0, 0.1) is 0 Å². The highest BCUT2D eigenvalue weighted by atomic mass is 16.6. The molecule has 1 N–H and O–H groups in total. The maximum Gasteiger partial charge on any atom is 0.344 e. The maximum absolute atomic E-state index is 11.9. The normalized spacial score (nSPS) is 19.8. The number of oxime groups is 1. The molecular formula is C13H21NO4. The molecule has 102 valence electrons.